The van der Waals surface area contributed by atoms with Crippen LogP contribution < -0.4 is 5.32 Å². The van der Waals surface area contributed by atoms with Crippen molar-refractivity contribution >= 4 is 11.3 Å². The van der Waals surface area contributed by atoms with Crippen LogP contribution in [0.1, 0.15) is 29.3 Å². The van der Waals surface area contributed by atoms with Crippen molar-refractivity contribution in [3.05, 3.63) is 16.1 Å². The highest BCUT2D eigenvalue weighted by molar-refractivity contribution is 7.11. The standard InChI is InChI=1S/C11H15F3N2OS/c1-6-3-7(5-17-6)9(15-2)8-4-16-10(18-8)11(12,13)14/h4,6-7,9,15H,3,5H2,1-2H3. The fourth-order valence-electron chi connectivity index (χ4n) is 2.25. The van der Waals surface area contributed by atoms with Gasteiger partial charge in [-0.1, -0.05) is 0 Å². The van der Waals surface area contributed by atoms with E-state index in [2.05, 4.69) is 10.3 Å². The molecule has 1 saturated heterocycles. The quantitative estimate of drug-likeness (QED) is 0.924. The van der Waals surface area contributed by atoms with Crippen LogP contribution in [0.2, 0.25) is 0 Å². The second-order valence-corrected chi connectivity index (χ2v) is 5.53. The molecular formula is C11H15F3N2OS. The average molecular weight is 280 g/mol. The normalized spacial score (nSPS) is 26.5. The molecule has 102 valence electrons. The third kappa shape index (κ3) is 2.84. The van der Waals surface area contributed by atoms with Gasteiger partial charge < -0.3 is 10.1 Å². The van der Waals surface area contributed by atoms with E-state index in [0.29, 0.717) is 22.8 Å². The molecule has 3 unspecified atom stereocenters. The summed E-state index contributed by atoms with van der Waals surface area (Å²) in [4.78, 5) is 4.08. The molecule has 0 bridgehead atoms. The maximum absolute atomic E-state index is 12.5. The molecule has 1 aliphatic rings. The van der Waals surface area contributed by atoms with E-state index in [-0.39, 0.29) is 18.1 Å². The van der Waals surface area contributed by atoms with Gasteiger partial charge in [-0.15, -0.1) is 11.3 Å². The molecule has 0 amide bonds. The maximum atomic E-state index is 12.5. The predicted octanol–water partition coefficient (Wildman–Crippen LogP) is 2.85. The van der Waals surface area contributed by atoms with Crippen LogP contribution in [0.3, 0.4) is 0 Å². The SMILES string of the molecule is CNC(c1cnc(C(F)(F)F)s1)C1COC(C)C1. The number of halogens is 3. The number of thiazole rings is 1. The lowest BCUT2D eigenvalue weighted by molar-refractivity contribution is -0.137. The first kappa shape index (κ1) is 13.8. The first-order chi connectivity index (χ1) is 8.41. The van der Waals surface area contributed by atoms with Gasteiger partial charge in [0.25, 0.3) is 0 Å². The summed E-state index contributed by atoms with van der Waals surface area (Å²) in [5.41, 5.74) is 0. The van der Waals surface area contributed by atoms with Crippen molar-refractivity contribution in [2.45, 2.75) is 31.7 Å². The zero-order chi connectivity index (χ0) is 13.3. The Hall–Kier alpha value is -0.660. The first-order valence-corrected chi connectivity index (χ1v) is 6.55. The van der Waals surface area contributed by atoms with Gasteiger partial charge in [0.05, 0.1) is 12.7 Å². The predicted molar refractivity (Wildman–Crippen MR) is 62.4 cm³/mol. The third-order valence-electron chi connectivity index (χ3n) is 3.08. The number of hydrogen-bond acceptors (Lipinski definition) is 4. The number of nitrogens with zero attached hydrogens (tertiary/aromatic N) is 1. The van der Waals surface area contributed by atoms with Gasteiger partial charge in [0.2, 0.25) is 0 Å². The Morgan fingerprint density at radius 1 is 1.56 bits per heavy atom. The van der Waals surface area contributed by atoms with Crippen molar-refractivity contribution in [3.63, 3.8) is 0 Å². The van der Waals surface area contributed by atoms with Gasteiger partial charge in [0.1, 0.15) is 0 Å². The van der Waals surface area contributed by atoms with Crippen LogP contribution >= 0.6 is 11.3 Å². The van der Waals surface area contributed by atoms with Gasteiger partial charge in [-0.3, -0.25) is 0 Å². The number of nitrogens with one attached hydrogen (secondary N) is 1. The van der Waals surface area contributed by atoms with E-state index in [1.807, 2.05) is 6.92 Å². The van der Waals surface area contributed by atoms with Crippen LogP contribution in [-0.2, 0) is 10.9 Å². The van der Waals surface area contributed by atoms with Gasteiger partial charge in [-0.2, -0.15) is 13.2 Å². The van der Waals surface area contributed by atoms with Crippen LogP contribution in [0.5, 0.6) is 0 Å². The van der Waals surface area contributed by atoms with Crippen molar-refractivity contribution in [1.29, 1.82) is 0 Å². The highest BCUT2D eigenvalue weighted by atomic mass is 32.1. The molecule has 3 nitrogen and oxygen atoms in total. The van der Waals surface area contributed by atoms with Crippen molar-refractivity contribution < 1.29 is 17.9 Å². The molecule has 18 heavy (non-hydrogen) atoms. The molecule has 1 aliphatic heterocycles. The van der Waals surface area contributed by atoms with Gasteiger partial charge in [-0.05, 0) is 20.4 Å². The van der Waals surface area contributed by atoms with E-state index in [9.17, 15) is 13.2 Å². The molecule has 7 heteroatoms. The molecule has 2 rings (SSSR count). The number of hydrogen-bond donors (Lipinski definition) is 1. The summed E-state index contributed by atoms with van der Waals surface area (Å²) in [6.45, 7) is 2.55. The minimum Gasteiger partial charge on any atom is -0.378 e. The minimum atomic E-state index is -4.36. The average Bonchev–Trinajstić information content (AvgIpc) is 2.88. The van der Waals surface area contributed by atoms with Crippen molar-refractivity contribution in [2.24, 2.45) is 5.92 Å². The molecule has 1 aromatic rings. The molecule has 1 aromatic heterocycles. The lowest BCUT2D eigenvalue weighted by Crippen LogP contribution is -2.24. The smallest absolute Gasteiger partial charge is 0.378 e. The molecule has 1 fully saturated rings. The van der Waals surface area contributed by atoms with Crippen LogP contribution in [0.4, 0.5) is 13.2 Å². The molecule has 0 radical (unpaired) electrons. The van der Waals surface area contributed by atoms with E-state index >= 15 is 0 Å². The second-order valence-electron chi connectivity index (χ2n) is 4.47. The molecule has 0 aromatic carbocycles. The van der Waals surface area contributed by atoms with Crippen molar-refractivity contribution in [1.82, 2.24) is 10.3 Å². The van der Waals surface area contributed by atoms with E-state index in [4.69, 9.17) is 4.74 Å². The van der Waals surface area contributed by atoms with E-state index in [1.54, 1.807) is 7.05 Å². The number of alkyl halides is 3. The number of ether oxygens (including phenoxy) is 1. The largest absolute Gasteiger partial charge is 0.443 e. The lowest BCUT2D eigenvalue weighted by Gasteiger charge is -2.20. The minimum absolute atomic E-state index is 0.122. The molecule has 2 heterocycles. The topological polar surface area (TPSA) is 34.2 Å². The summed E-state index contributed by atoms with van der Waals surface area (Å²) in [5.74, 6) is 0.200. The van der Waals surface area contributed by atoms with Crippen molar-refractivity contribution in [3.8, 4) is 0 Å². The molecule has 1 N–H and O–H groups in total. The Bertz CT molecular complexity index is 407. The highest BCUT2D eigenvalue weighted by Crippen LogP contribution is 2.38. The van der Waals surface area contributed by atoms with Gasteiger partial charge in [0, 0.05) is 23.0 Å². The summed E-state index contributed by atoms with van der Waals surface area (Å²) in [7, 11) is 1.75. The van der Waals surface area contributed by atoms with Crippen molar-refractivity contribution in [2.75, 3.05) is 13.7 Å². The van der Waals surface area contributed by atoms with Gasteiger partial charge in [0.15, 0.2) is 5.01 Å². The van der Waals surface area contributed by atoms with Gasteiger partial charge >= 0.3 is 6.18 Å². The summed E-state index contributed by atoms with van der Waals surface area (Å²) in [5, 5.41) is 2.28. The fourth-order valence-corrected chi connectivity index (χ4v) is 3.24. The van der Waals surface area contributed by atoms with E-state index < -0.39 is 11.2 Å². The van der Waals surface area contributed by atoms with Gasteiger partial charge in [-0.25, -0.2) is 4.98 Å². The summed E-state index contributed by atoms with van der Waals surface area (Å²) >= 11 is 0.706. The summed E-state index contributed by atoms with van der Waals surface area (Å²) < 4.78 is 43.0. The molecule has 3 atom stereocenters. The second kappa shape index (κ2) is 5.14. The van der Waals surface area contributed by atoms with Crippen LogP contribution in [0.25, 0.3) is 0 Å². The number of rotatable bonds is 3. The third-order valence-corrected chi connectivity index (χ3v) is 4.21. The zero-order valence-corrected chi connectivity index (χ0v) is 10.9. The lowest BCUT2D eigenvalue weighted by atomic mass is 9.96. The van der Waals surface area contributed by atoms with Crippen LogP contribution in [0, 0.1) is 5.92 Å². The Kier molecular flexibility index (Phi) is 3.93. The molecule has 0 saturated carbocycles. The molecule has 0 aliphatic carbocycles. The Morgan fingerprint density at radius 2 is 2.28 bits per heavy atom. The summed E-state index contributed by atoms with van der Waals surface area (Å²) in [6, 6.07) is -0.122. The molecule has 0 spiro atoms. The van der Waals surface area contributed by atoms with Crippen LogP contribution in [-0.4, -0.2) is 24.7 Å². The number of aromatic nitrogens is 1. The van der Waals surface area contributed by atoms with E-state index in [0.717, 1.165) is 6.42 Å². The monoisotopic (exact) mass is 280 g/mol. The molecular weight excluding hydrogens is 265 g/mol. The maximum Gasteiger partial charge on any atom is 0.443 e. The zero-order valence-electron chi connectivity index (χ0n) is 10.1. The Labute approximate surface area is 107 Å². The fraction of sp³-hybridized carbons (Fsp3) is 0.727. The summed E-state index contributed by atoms with van der Waals surface area (Å²) in [6.07, 6.45) is -2.02. The highest BCUT2D eigenvalue weighted by Gasteiger charge is 2.37. The Balaban J connectivity index is 2.15. The first-order valence-electron chi connectivity index (χ1n) is 5.73. The van der Waals surface area contributed by atoms with Crippen LogP contribution in [0.15, 0.2) is 6.20 Å². The van der Waals surface area contributed by atoms with E-state index in [1.165, 1.54) is 6.20 Å². The Morgan fingerprint density at radius 3 is 2.72 bits per heavy atom.